The number of anilines is 1. The predicted molar refractivity (Wildman–Crippen MR) is 79.5 cm³/mol. The van der Waals surface area contributed by atoms with E-state index in [-0.39, 0.29) is 5.69 Å². The summed E-state index contributed by atoms with van der Waals surface area (Å²) in [5.74, 6) is -0.663. The van der Waals surface area contributed by atoms with Crippen molar-refractivity contribution in [2.24, 2.45) is 0 Å². The van der Waals surface area contributed by atoms with Crippen LogP contribution in [-0.4, -0.2) is 4.92 Å². The second-order valence-corrected chi connectivity index (χ2v) is 5.37. The second kappa shape index (κ2) is 6.19. The van der Waals surface area contributed by atoms with E-state index in [0.717, 1.165) is 16.1 Å². The van der Waals surface area contributed by atoms with Crippen molar-refractivity contribution in [2.75, 3.05) is 5.32 Å². The molecule has 2 aromatic rings. The average molecular weight is 360 g/mol. The first kappa shape index (κ1) is 14.7. The van der Waals surface area contributed by atoms with Gasteiger partial charge in [-0.15, -0.1) is 0 Å². The summed E-state index contributed by atoms with van der Waals surface area (Å²) in [7, 11) is 0. The van der Waals surface area contributed by atoms with Gasteiger partial charge in [0.15, 0.2) is 0 Å². The molecule has 0 atom stereocenters. The number of nitro benzene ring substituents is 1. The molecule has 0 bridgehead atoms. The molecule has 0 aliphatic carbocycles. The van der Waals surface area contributed by atoms with E-state index < -0.39 is 10.7 Å². The van der Waals surface area contributed by atoms with Crippen LogP contribution in [0.4, 0.5) is 15.8 Å². The minimum Gasteiger partial charge on any atom is -0.381 e. The smallest absolute Gasteiger partial charge is 0.274 e. The third-order valence-corrected chi connectivity index (χ3v) is 3.44. The Bertz CT molecular complexity index is 667. The van der Waals surface area contributed by atoms with Crippen LogP contribution in [0.5, 0.6) is 0 Å². The summed E-state index contributed by atoms with van der Waals surface area (Å²) in [6.45, 7) is 0.340. The van der Waals surface area contributed by atoms with Crippen LogP contribution in [0.3, 0.4) is 0 Å². The van der Waals surface area contributed by atoms with Crippen molar-refractivity contribution < 1.29 is 9.31 Å². The molecule has 0 aliphatic heterocycles. The molecule has 0 fully saturated rings. The predicted octanol–water partition coefficient (Wildman–Crippen LogP) is 4.76. The van der Waals surface area contributed by atoms with Gasteiger partial charge in [0.05, 0.1) is 11.0 Å². The maximum atomic E-state index is 13.3. The van der Waals surface area contributed by atoms with E-state index in [1.807, 2.05) is 12.1 Å². The summed E-state index contributed by atoms with van der Waals surface area (Å²) < 4.78 is 14.1. The largest absolute Gasteiger partial charge is 0.381 e. The quantitative estimate of drug-likeness (QED) is 0.632. The van der Waals surface area contributed by atoms with Gasteiger partial charge in [-0.3, -0.25) is 10.1 Å². The molecule has 4 nitrogen and oxygen atoms in total. The summed E-state index contributed by atoms with van der Waals surface area (Å²) in [4.78, 5) is 10.0. The third-order valence-electron chi connectivity index (χ3n) is 2.59. The molecule has 2 rings (SSSR count). The molecule has 0 spiro atoms. The van der Waals surface area contributed by atoms with Crippen LogP contribution in [0, 0.1) is 15.9 Å². The summed E-state index contributed by atoms with van der Waals surface area (Å²) in [6, 6.07) is 8.73. The number of nitrogens with zero attached hydrogens (tertiary/aromatic N) is 1. The van der Waals surface area contributed by atoms with Crippen LogP contribution in [0.15, 0.2) is 40.9 Å². The normalized spacial score (nSPS) is 10.3. The van der Waals surface area contributed by atoms with Gasteiger partial charge in [-0.2, -0.15) is 0 Å². The topological polar surface area (TPSA) is 55.2 Å². The fraction of sp³-hybridized carbons (Fsp3) is 0.0769. The SMILES string of the molecule is O=[N+]([O-])c1cc(F)cc(NCc2ccc(Br)cc2Cl)c1. The molecule has 0 saturated carbocycles. The summed E-state index contributed by atoms with van der Waals surface area (Å²) in [6.07, 6.45) is 0. The first-order valence-corrected chi connectivity index (χ1v) is 6.75. The molecule has 20 heavy (non-hydrogen) atoms. The van der Waals surface area contributed by atoms with Crippen LogP contribution >= 0.6 is 27.5 Å². The molecule has 2 aromatic carbocycles. The van der Waals surface area contributed by atoms with Gasteiger partial charge < -0.3 is 5.32 Å². The first-order valence-electron chi connectivity index (χ1n) is 5.58. The lowest BCUT2D eigenvalue weighted by Gasteiger charge is -2.08. The van der Waals surface area contributed by atoms with E-state index in [1.165, 1.54) is 12.1 Å². The highest BCUT2D eigenvalue weighted by molar-refractivity contribution is 9.10. The summed E-state index contributed by atoms with van der Waals surface area (Å²) >= 11 is 9.35. The molecule has 104 valence electrons. The van der Waals surface area contributed by atoms with E-state index in [9.17, 15) is 14.5 Å². The van der Waals surface area contributed by atoms with E-state index in [1.54, 1.807) is 6.07 Å². The zero-order chi connectivity index (χ0) is 14.7. The van der Waals surface area contributed by atoms with E-state index in [2.05, 4.69) is 21.2 Å². The molecule has 0 unspecified atom stereocenters. The Balaban J connectivity index is 2.16. The zero-order valence-corrected chi connectivity index (χ0v) is 12.4. The first-order chi connectivity index (χ1) is 9.45. The van der Waals surface area contributed by atoms with Gasteiger partial charge in [0, 0.05) is 27.8 Å². The molecule has 7 heteroatoms. The van der Waals surface area contributed by atoms with Gasteiger partial charge in [-0.25, -0.2) is 4.39 Å². The Morgan fingerprint density at radius 1 is 1.30 bits per heavy atom. The lowest BCUT2D eigenvalue weighted by molar-refractivity contribution is -0.385. The van der Waals surface area contributed by atoms with Crippen molar-refractivity contribution in [3.63, 3.8) is 0 Å². The Kier molecular flexibility index (Phi) is 4.57. The van der Waals surface area contributed by atoms with E-state index in [0.29, 0.717) is 17.3 Å². The van der Waals surface area contributed by atoms with Crippen molar-refractivity contribution in [1.29, 1.82) is 0 Å². The molecule has 0 aliphatic rings. The highest BCUT2D eigenvalue weighted by Gasteiger charge is 2.10. The standard InChI is InChI=1S/C13H9BrClFN2O2/c14-9-2-1-8(13(15)3-9)7-17-11-4-10(16)5-12(6-11)18(19)20/h1-6,17H,7H2. The van der Waals surface area contributed by atoms with Crippen molar-refractivity contribution in [3.05, 3.63) is 67.4 Å². The van der Waals surface area contributed by atoms with Gasteiger partial charge in [-0.1, -0.05) is 33.6 Å². The fourth-order valence-electron chi connectivity index (χ4n) is 1.64. The minimum atomic E-state index is -0.663. The molecule has 0 saturated heterocycles. The zero-order valence-electron chi connectivity index (χ0n) is 10.1. The second-order valence-electron chi connectivity index (χ2n) is 4.04. The number of rotatable bonds is 4. The van der Waals surface area contributed by atoms with E-state index >= 15 is 0 Å². The highest BCUT2D eigenvalue weighted by atomic mass is 79.9. The molecule has 0 aromatic heterocycles. The Morgan fingerprint density at radius 2 is 2.05 bits per heavy atom. The molecular weight excluding hydrogens is 351 g/mol. The fourth-order valence-corrected chi connectivity index (χ4v) is 2.38. The van der Waals surface area contributed by atoms with Gasteiger partial charge in [0.1, 0.15) is 5.82 Å². The molecule has 1 N–H and O–H groups in total. The number of non-ortho nitro benzene ring substituents is 1. The average Bonchev–Trinajstić information content (AvgIpc) is 2.37. The Hall–Kier alpha value is -1.66. The highest BCUT2D eigenvalue weighted by Crippen LogP contribution is 2.24. The van der Waals surface area contributed by atoms with Gasteiger partial charge >= 0.3 is 0 Å². The van der Waals surface area contributed by atoms with E-state index in [4.69, 9.17) is 11.6 Å². The summed E-state index contributed by atoms with van der Waals surface area (Å²) in [5.41, 5.74) is 0.840. The number of halogens is 3. The van der Waals surface area contributed by atoms with Gasteiger partial charge in [-0.05, 0) is 23.8 Å². The Morgan fingerprint density at radius 3 is 2.70 bits per heavy atom. The summed E-state index contributed by atoms with van der Waals surface area (Å²) in [5, 5.41) is 14.1. The molecule has 0 amide bonds. The lowest BCUT2D eigenvalue weighted by atomic mass is 10.2. The van der Waals surface area contributed by atoms with Crippen LogP contribution in [-0.2, 0) is 6.54 Å². The number of hydrogen-bond donors (Lipinski definition) is 1. The van der Waals surface area contributed by atoms with Gasteiger partial charge in [0.2, 0.25) is 0 Å². The maximum absolute atomic E-state index is 13.3. The molecule has 0 radical (unpaired) electrons. The van der Waals surface area contributed by atoms with Crippen LogP contribution in [0.25, 0.3) is 0 Å². The number of nitrogens with one attached hydrogen (secondary N) is 1. The minimum absolute atomic E-state index is 0.297. The van der Waals surface area contributed by atoms with Crippen molar-refractivity contribution in [1.82, 2.24) is 0 Å². The number of nitro groups is 1. The monoisotopic (exact) mass is 358 g/mol. The van der Waals surface area contributed by atoms with Crippen molar-refractivity contribution in [2.45, 2.75) is 6.54 Å². The Labute approximate surface area is 127 Å². The third kappa shape index (κ3) is 3.68. The molecule has 0 heterocycles. The van der Waals surface area contributed by atoms with Crippen LogP contribution in [0.1, 0.15) is 5.56 Å². The van der Waals surface area contributed by atoms with Crippen LogP contribution < -0.4 is 5.32 Å². The maximum Gasteiger partial charge on any atom is 0.274 e. The van der Waals surface area contributed by atoms with Crippen molar-refractivity contribution >= 4 is 38.9 Å². The number of benzene rings is 2. The lowest BCUT2D eigenvalue weighted by Crippen LogP contribution is -2.01. The molecular formula is C13H9BrClFN2O2. The van der Waals surface area contributed by atoms with Crippen LogP contribution in [0.2, 0.25) is 5.02 Å². The number of hydrogen-bond acceptors (Lipinski definition) is 3. The van der Waals surface area contributed by atoms with Gasteiger partial charge in [0.25, 0.3) is 5.69 Å². The van der Waals surface area contributed by atoms with Crippen molar-refractivity contribution in [3.8, 4) is 0 Å².